The minimum Gasteiger partial charge on any atom is -0.462 e. The van der Waals surface area contributed by atoms with Gasteiger partial charge in [0.15, 0.2) is 6.10 Å². The van der Waals surface area contributed by atoms with Crippen molar-refractivity contribution in [1.82, 2.24) is 0 Å². The topological polar surface area (TPSA) is 119 Å². The van der Waals surface area contributed by atoms with Crippen LogP contribution in [0.3, 0.4) is 0 Å². The van der Waals surface area contributed by atoms with Crippen LogP contribution >= 0.6 is 7.82 Å². The molecule has 0 amide bonds. The summed E-state index contributed by atoms with van der Waals surface area (Å²) in [7, 11) is -4.78. The molecule has 0 saturated carbocycles. The molecular formula is C45H73O8P. The standard InChI is InChI=1S/C45H73O8P/c1-3-5-7-9-11-13-15-17-19-21-22-24-26-28-30-32-34-36-38-40-45(47)53-43(42-52-54(48,49)50)41-51-44(46)39-37-35-33-31-29-27-25-23-20-18-16-14-12-10-8-6-4-2/h5,7,11,13,17-20,22,24-25,27-28,30-31,33,43H,3-4,6,8-10,12,14-16,21,23,26,29,32,34-42H2,1-2H3,(H2,48,49,50)/b7-5-,13-11-,19-17-,20-18-,24-22-,27-25-,30-28-,33-31-/t43-/m1/s1. The summed E-state index contributed by atoms with van der Waals surface area (Å²) in [6.07, 6.45) is 54.2. The summed E-state index contributed by atoms with van der Waals surface area (Å²) in [4.78, 5) is 42.8. The molecule has 0 spiro atoms. The van der Waals surface area contributed by atoms with E-state index < -0.39 is 32.5 Å². The average molecular weight is 773 g/mol. The van der Waals surface area contributed by atoms with Gasteiger partial charge >= 0.3 is 19.8 Å². The number of phosphoric ester groups is 1. The fraction of sp³-hybridized carbons (Fsp3) is 0.600. The van der Waals surface area contributed by atoms with Gasteiger partial charge in [-0.05, 0) is 89.9 Å². The van der Waals surface area contributed by atoms with E-state index in [0.717, 1.165) is 77.0 Å². The van der Waals surface area contributed by atoms with Gasteiger partial charge in [-0.2, -0.15) is 0 Å². The van der Waals surface area contributed by atoms with E-state index in [-0.39, 0.29) is 19.4 Å². The third-order valence-electron chi connectivity index (χ3n) is 8.09. The third-order valence-corrected chi connectivity index (χ3v) is 8.57. The van der Waals surface area contributed by atoms with E-state index in [1.807, 2.05) is 6.08 Å². The lowest BCUT2D eigenvalue weighted by molar-refractivity contribution is -0.161. The van der Waals surface area contributed by atoms with Crippen molar-refractivity contribution in [3.05, 3.63) is 97.2 Å². The highest BCUT2D eigenvalue weighted by Crippen LogP contribution is 2.36. The molecule has 0 aromatic heterocycles. The summed E-state index contributed by atoms with van der Waals surface area (Å²) in [5.74, 6) is -0.994. The first-order valence-electron chi connectivity index (χ1n) is 20.5. The molecule has 0 aromatic rings. The molecule has 9 heteroatoms. The Balaban J connectivity index is 4.11. The zero-order chi connectivity index (χ0) is 39.6. The molecule has 54 heavy (non-hydrogen) atoms. The lowest BCUT2D eigenvalue weighted by Crippen LogP contribution is -2.29. The molecule has 0 radical (unpaired) electrons. The largest absolute Gasteiger partial charge is 0.469 e. The normalized spacial score (nSPS) is 13.5. The zero-order valence-corrected chi connectivity index (χ0v) is 34.5. The van der Waals surface area contributed by atoms with Gasteiger partial charge in [0.05, 0.1) is 6.61 Å². The number of esters is 2. The molecule has 2 N–H and O–H groups in total. The summed E-state index contributed by atoms with van der Waals surface area (Å²) >= 11 is 0. The first-order chi connectivity index (χ1) is 26.3. The Hall–Kier alpha value is -3.03. The number of phosphoric acid groups is 1. The van der Waals surface area contributed by atoms with Crippen molar-refractivity contribution in [2.75, 3.05) is 13.2 Å². The van der Waals surface area contributed by atoms with Crippen molar-refractivity contribution < 1.29 is 37.9 Å². The fourth-order valence-electron chi connectivity index (χ4n) is 5.06. The molecule has 1 atom stereocenters. The maximum atomic E-state index is 12.4. The predicted octanol–water partition coefficient (Wildman–Crippen LogP) is 12.6. The van der Waals surface area contributed by atoms with E-state index in [9.17, 15) is 14.2 Å². The van der Waals surface area contributed by atoms with Crippen LogP contribution in [0.2, 0.25) is 0 Å². The molecule has 306 valence electrons. The lowest BCUT2D eigenvalue weighted by Gasteiger charge is -2.18. The summed E-state index contributed by atoms with van der Waals surface area (Å²) in [6, 6.07) is 0. The first-order valence-corrected chi connectivity index (χ1v) is 22.1. The highest BCUT2D eigenvalue weighted by atomic mass is 31.2. The summed E-state index contributed by atoms with van der Waals surface area (Å²) in [6.45, 7) is 3.48. The van der Waals surface area contributed by atoms with E-state index >= 15 is 0 Å². The third kappa shape index (κ3) is 41.7. The molecule has 0 aliphatic carbocycles. The molecule has 0 saturated heterocycles. The molecule has 0 aromatic carbocycles. The number of carbonyl (C=O) groups is 2. The maximum Gasteiger partial charge on any atom is 0.469 e. The number of unbranched alkanes of at least 4 members (excludes halogenated alkanes) is 10. The monoisotopic (exact) mass is 773 g/mol. The number of allylic oxidation sites excluding steroid dienone is 16. The second-order valence-electron chi connectivity index (χ2n) is 13.2. The first kappa shape index (κ1) is 51.0. The molecule has 0 heterocycles. The smallest absolute Gasteiger partial charge is 0.462 e. The van der Waals surface area contributed by atoms with Crippen LogP contribution in [0.25, 0.3) is 0 Å². The van der Waals surface area contributed by atoms with Gasteiger partial charge in [0.2, 0.25) is 0 Å². The average Bonchev–Trinajstić information content (AvgIpc) is 3.14. The van der Waals surface area contributed by atoms with Crippen molar-refractivity contribution in [2.24, 2.45) is 0 Å². The van der Waals surface area contributed by atoms with Crippen molar-refractivity contribution in [3.63, 3.8) is 0 Å². The minimum atomic E-state index is -4.78. The van der Waals surface area contributed by atoms with Gasteiger partial charge in [-0.15, -0.1) is 0 Å². The van der Waals surface area contributed by atoms with Crippen molar-refractivity contribution in [2.45, 2.75) is 161 Å². The van der Waals surface area contributed by atoms with Gasteiger partial charge in [0, 0.05) is 12.8 Å². The molecule has 0 rings (SSSR count). The van der Waals surface area contributed by atoms with Gasteiger partial charge in [-0.25, -0.2) is 4.57 Å². The van der Waals surface area contributed by atoms with E-state index in [2.05, 4.69) is 110 Å². The predicted molar refractivity (Wildman–Crippen MR) is 225 cm³/mol. The van der Waals surface area contributed by atoms with Crippen LogP contribution in [0, 0.1) is 0 Å². The van der Waals surface area contributed by atoms with Crippen molar-refractivity contribution in [3.8, 4) is 0 Å². The van der Waals surface area contributed by atoms with Crippen LogP contribution in [0.15, 0.2) is 97.2 Å². The number of carbonyl (C=O) groups excluding carboxylic acids is 2. The Morgan fingerprint density at radius 2 is 0.907 bits per heavy atom. The van der Waals surface area contributed by atoms with Crippen molar-refractivity contribution in [1.29, 1.82) is 0 Å². The van der Waals surface area contributed by atoms with Crippen LogP contribution in [0.5, 0.6) is 0 Å². The Labute approximate surface area is 328 Å². The van der Waals surface area contributed by atoms with Gasteiger partial charge < -0.3 is 19.3 Å². The van der Waals surface area contributed by atoms with Gasteiger partial charge in [0.1, 0.15) is 6.61 Å². The van der Waals surface area contributed by atoms with Crippen LogP contribution < -0.4 is 0 Å². The SMILES string of the molecule is CC/C=C\C/C=C\C/C=C\C/C=C\C/C=C\CCCCCC(=O)O[C@H](COC(=O)CCC/C=C\C/C=C\C/C=C\CCCCCCCC)COP(=O)(O)O. The Bertz CT molecular complexity index is 1190. The quantitative estimate of drug-likeness (QED) is 0.0280. The van der Waals surface area contributed by atoms with E-state index in [1.54, 1.807) is 0 Å². The van der Waals surface area contributed by atoms with E-state index in [1.165, 1.54) is 38.5 Å². The van der Waals surface area contributed by atoms with E-state index in [0.29, 0.717) is 12.8 Å². The van der Waals surface area contributed by atoms with Crippen molar-refractivity contribution >= 4 is 19.8 Å². The Kier molecular flexibility index (Phi) is 37.4. The highest BCUT2D eigenvalue weighted by Gasteiger charge is 2.22. The molecule has 8 nitrogen and oxygen atoms in total. The number of hydrogen-bond acceptors (Lipinski definition) is 6. The fourth-order valence-corrected chi connectivity index (χ4v) is 5.42. The molecule has 0 aliphatic heterocycles. The summed E-state index contributed by atoms with van der Waals surface area (Å²) in [5, 5.41) is 0. The van der Waals surface area contributed by atoms with Gasteiger partial charge in [-0.3, -0.25) is 14.1 Å². The summed E-state index contributed by atoms with van der Waals surface area (Å²) < 4.78 is 26.3. The molecule has 0 unspecified atom stereocenters. The van der Waals surface area contributed by atoms with Gasteiger partial charge in [-0.1, -0.05) is 150 Å². The van der Waals surface area contributed by atoms with Crippen LogP contribution in [0.1, 0.15) is 155 Å². The van der Waals surface area contributed by atoms with Crippen LogP contribution in [-0.4, -0.2) is 41.0 Å². The second-order valence-corrected chi connectivity index (χ2v) is 14.5. The number of rotatable bonds is 36. The Morgan fingerprint density at radius 1 is 0.500 bits per heavy atom. The Morgan fingerprint density at radius 3 is 1.39 bits per heavy atom. The molecule has 0 aliphatic rings. The molecule has 0 bridgehead atoms. The van der Waals surface area contributed by atoms with Gasteiger partial charge in [0.25, 0.3) is 0 Å². The maximum absolute atomic E-state index is 12.4. The minimum absolute atomic E-state index is 0.156. The lowest BCUT2D eigenvalue weighted by atomic mass is 10.1. The second kappa shape index (κ2) is 39.7. The molecular weight excluding hydrogens is 699 g/mol. The number of hydrogen-bond donors (Lipinski definition) is 2. The van der Waals surface area contributed by atoms with Crippen LogP contribution in [-0.2, 0) is 28.2 Å². The zero-order valence-electron chi connectivity index (χ0n) is 33.6. The van der Waals surface area contributed by atoms with Crippen LogP contribution in [0.4, 0.5) is 0 Å². The molecule has 0 fully saturated rings. The summed E-state index contributed by atoms with van der Waals surface area (Å²) in [5.41, 5.74) is 0. The van der Waals surface area contributed by atoms with E-state index in [4.69, 9.17) is 19.3 Å². The number of ether oxygens (including phenoxy) is 2. The highest BCUT2D eigenvalue weighted by molar-refractivity contribution is 7.46.